The van der Waals surface area contributed by atoms with Crippen molar-refractivity contribution in [3.63, 3.8) is 0 Å². The Hall–Kier alpha value is -1.54. The fraction of sp³-hybridized carbons (Fsp3) is 0.870. The molecule has 1 heterocycles. The van der Waals surface area contributed by atoms with Gasteiger partial charge in [0.25, 0.3) is 0 Å². The van der Waals surface area contributed by atoms with Crippen molar-refractivity contribution in [2.75, 3.05) is 26.2 Å². The number of ether oxygens (including phenoxy) is 1. The molecular weight excluding hydrogens is 430 g/mol. The number of nitrogens with zero attached hydrogens (tertiary/aromatic N) is 2. The number of carbonyl (C=O) groups excluding carboxylic acids is 2. The third-order valence-electron chi connectivity index (χ3n) is 5.19. The Morgan fingerprint density at radius 1 is 1.03 bits per heavy atom. The van der Waals surface area contributed by atoms with E-state index in [1.165, 1.54) is 25.7 Å². The molecule has 1 rings (SSSR count). The number of alkyl carbamates (subject to hydrolysis) is 1. The molecule has 1 aliphatic heterocycles. The molecule has 0 unspecified atom stereocenters. The van der Waals surface area contributed by atoms with E-state index in [4.69, 9.17) is 16.5 Å². The van der Waals surface area contributed by atoms with Gasteiger partial charge in [0.2, 0.25) is 5.96 Å². The first-order valence-corrected chi connectivity index (χ1v) is 12.6. The lowest BCUT2D eigenvalue weighted by molar-refractivity contribution is 0.0561. The first kappa shape index (κ1) is 28.5. The normalized spacial score (nSPS) is 16.8. The lowest BCUT2D eigenvalue weighted by atomic mass is 10.1. The second-order valence-electron chi connectivity index (χ2n) is 9.40. The maximum absolute atomic E-state index is 13.0. The Morgan fingerprint density at radius 2 is 1.66 bits per heavy atom. The highest BCUT2D eigenvalue weighted by Gasteiger charge is 2.20. The first-order valence-electron chi connectivity index (χ1n) is 12.3. The Kier molecular flexibility index (Phi) is 15.1. The van der Waals surface area contributed by atoms with Crippen LogP contribution in [0.3, 0.4) is 0 Å². The Labute approximate surface area is 199 Å². The summed E-state index contributed by atoms with van der Waals surface area (Å²) in [5, 5.41) is 5.41. The van der Waals surface area contributed by atoms with Crippen LogP contribution in [-0.4, -0.2) is 54.8 Å². The van der Waals surface area contributed by atoms with Gasteiger partial charge in [-0.15, -0.1) is 0 Å². The zero-order valence-corrected chi connectivity index (χ0v) is 21.1. The van der Waals surface area contributed by atoms with Crippen LogP contribution in [0.4, 0.5) is 9.59 Å². The number of nitrogens with one attached hydrogen (secondary N) is 3. The van der Waals surface area contributed by atoms with Crippen LogP contribution in [0.5, 0.6) is 0 Å². The van der Waals surface area contributed by atoms with Crippen LogP contribution in [0.15, 0.2) is 4.99 Å². The van der Waals surface area contributed by atoms with Gasteiger partial charge in [0.15, 0.2) is 0 Å². The number of aliphatic imine (C=N–C) groups is 1. The van der Waals surface area contributed by atoms with E-state index in [0.29, 0.717) is 19.6 Å². The van der Waals surface area contributed by atoms with E-state index in [9.17, 15) is 9.59 Å². The van der Waals surface area contributed by atoms with Gasteiger partial charge in [-0.3, -0.25) is 15.6 Å². The van der Waals surface area contributed by atoms with Crippen LogP contribution in [0.2, 0.25) is 0 Å². The number of amides is 3. The fourth-order valence-corrected chi connectivity index (χ4v) is 3.65. The van der Waals surface area contributed by atoms with Crippen molar-refractivity contribution in [2.45, 2.75) is 103 Å². The Bertz CT molecular complexity index is 566. The number of guanidine groups is 1. The number of rotatable bonds is 9. The molecule has 0 radical (unpaired) electrons. The zero-order chi connectivity index (χ0) is 23.7. The quantitative estimate of drug-likeness (QED) is 0.312. The van der Waals surface area contributed by atoms with E-state index in [-0.39, 0.29) is 12.0 Å². The van der Waals surface area contributed by atoms with Gasteiger partial charge in [0, 0.05) is 26.2 Å². The van der Waals surface area contributed by atoms with Crippen LogP contribution in [-0.2, 0) is 4.74 Å². The van der Waals surface area contributed by atoms with Gasteiger partial charge in [0.1, 0.15) is 5.60 Å². The molecule has 0 aromatic carbocycles. The van der Waals surface area contributed by atoms with E-state index in [1.807, 2.05) is 4.90 Å². The highest BCUT2D eigenvalue weighted by atomic mass is 35.5. The standard InChI is InChI=1S/C23H44ClN5O3/c1-23(2,3)32-22(31)28-20-25-16-12-8-4-6-10-14-18-29(21(30)27-20)19-15-11-7-5-9-13-17-26-24/h26H,4-19H2,1-3H3,(H2,25,27,28,30,31). The van der Waals surface area contributed by atoms with E-state index in [1.54, 1.807) is 20.8 Å². The van der Waals surface area contributed by atoms with E-state index in [2.05, 4.69) is 20.5 Å². The number of urea groups is 1. The van der Waals surface area contributed by atoms with Crippen LogP contribution >= 0.6 is 11.8 Å². The number of carbonyl (C=O) groups is 2. The summed E-state index contributed by atoms with van der Waals surface area (Å²) < 4.78 is 5.32. The number of hydrogen-bond acceptors (Lipinski definition) is 5. The van der Waals surface area contributed by atoms with Crippen molar-refractivity contribution in [2.24, 2.45) is 4.99 Å². The van der Waals surface area contributed by atoms with Gasteiger partial charge in [-0.1, -0.05) is 51.4 Å². The van der Waals surface area contributed by atoms with Gasteiger partial charge >= 0.3 is 12.1 Å². The molecule has 9 heteroatoms. The SMILES string of the molecule is CC(C)(C)OC(=O)NC1=NCCCCCCCCN(CCCCCCCCNCl)C(=O)N1. The third-order valence-corrected chi connectivity index (χ3v) is 5.38. The first-order chi connectivity index (χ1) is 15.3. The smallest absolute Gasteiger partial charge is 0.414 e. The number of unbranched alkanes of at least 4 members (excludes halogenated alkanes) is 5. The van der Waals surface area contributed by atoms with Crippen molar-refractivity contribution < 1.29 is 14.3 Å². The average Bonchev–Trinajstić information content (AvgIpc) is 2.72. The largest absolute Gasteiger partial charge is 0.444 e. The zero-order valence-electron chi connectivity index (χ0n) is 20.3. The summed E-state index contributed by atoms with van der Waals surface area (Å²) in [6.07, 6.45) is 12.5. The average molecular weight is 474 g/mol. The highest BCUT2D eigenvalue weighted by Crippen LogP contribution is 2.10. The minimum absolute atomic E-state index is 0.168. The van der Waals surface area contributed by atoms with E-state index in [0.717, 1.165) is 57.9 Å². The molecule has 0 aromatic heterocycles. The molecule has 0 atom stereocenters. The van der Waals surface area contributed by atoms with Gasteiger partial charge in [-0.2, -0.15) is 0 Å². The Morgan fingerprint density at radius 3 is 2.34 bits per heavy atom. The summed E-state index contributed by atoms with van der Waals surface area (Å²) in [5.41, 5.74) is -0.621. The predicted molar refractivity (Wildman–Crippen MR) is 131 cm³/mol. The molecule has 186 valence electrons. The molecule has 32 heavy (non-hydrogen) atoms. The molecule has 0 aromatic rings. The second-order valence-corrected chi connectivity index (χ2v) is 9.67. The minimum atomic E-state index is -0.621. The summed E-state index contributed by atoms with van der Waals surface area (Å²) in [4.78, 5) is 34.1. The van der Waals surface area contributed by atoms with E-state index < -0.39 is 11.7 Å². The molecule has 0 saturated heterocycles. The van der Waals surface area contributed by atoms with Crippen LogP contribution in [0, 0.1) is 0 Å². The fourth-order valence-electron chi connectivity index (χ4n) is 3.52. The molecule has 3 N–H and O–H groups in total. The summed E-state index contributed by atoms with van der Waals surface area (Å²) in [5.74, 6) is 0.168. The topological polar surface area (TPSA) is 95.1 Å². The molecule has 0 spiro atoms. The monoisotopic (exact) mass is 473 g/mol. The maximum atomic E-state index is 13.0. The van der Waals surface area contributed by atoms with Crippen molar-refractivity contribution in [3.8, 4) is 0 Å². The minimum Gasteiger partial charge on any atom is -0.444 e. The van der Waals surface area contributed by atoms with E-state index >= 15 is 0 Å². The lowest BCUT2D eigenvalue weighted by Crippen LogP contribution is -2.50. The molecule has 0 aliphatic carbocycles. The van der Waals surface area contributed by atoms with Crippen LogP contribution in [0.25, 0.3) is 0 Å². The molecule has 8 nitrogen and oxygen atoms in total. The number of hydrogen-bond donors (Lipinski definition) is 3. The van der Waals surface area contributed by atoms with Gasteiger partial charge < -0.3 is 9.64 Å². The van der Waals surface area contributed by atoms with Gasteiger partial charge in [-0.05, 0) is 58.2 Å². The summed E-state index contributed by atoms with van der Waals surface area (Å²) in [6, 6.07) is -0.216. The Balaban J connectivity index is 2.61. The summed E-state index contributed by atoms with van der Waals surface area (Å²) >= 11 is 5.47. The van der Waals surface area contributed by atoms with Gasteiger partial charge in [-0.25, -0.2) is 14.4 Å². The third kappa shape index (κ3) is 15.3. The summed E-state index contributed by atoms with van der Waals surface area (Å²) in [7, 11) is 0. The van der Waals surface area contributed by atoms with Crippen molar-refractivity contribution in [1.29, 1.82) is 0 Å². The number of halogens is 1. The molecule has 0 fully saturated rings. The molecule has 3 amide bonds. The van der Waals surface area contributed by atoms with Crippen molar-refractivity contribution >= 4 is 29.9 Å². The van der Waals surface area contributed by atoms with Crippen LogP contribution in [0.1, 0.15) is 97.8 Å². The van der Waals surface area contributed by atoms with Crippen molar-refractivity contribution in [3.05, 3.63) is 0 Å². The molecular formula is C23H44ClN5O3. The highest BCUT2D eigenvalue weighted by molar-refractivity contribution is 6.13. The predicted octanol–water partition coefficient (Wildman–Crippen LogP) is 5.32. The molecule has 1 aliphatic rings. The molecule has 0 bridgehead atoms. The second kappa shape index (κ2) is 17.0. The molecule has 0 saturated carbocycles. The van der Waals surface area contributed by atoms with Gasteiger partial charge in [0.05, 0.1) is 0 Å². The summed E-state index contributed by atoms with van der Waals surface area (Å²) in [6.45, 7) is 8.22. The van der Waals surface area contributed by atoms with Crippen LogP contribution < -0.4 is 15.5 Å². The van der Waals surface area contributed by atoms with Crippen molar-refractivity contribution in [1.82, 2.24) is 20.4 Å². The lowest BCUT2D eigenvalue weighted by Gasteiger charge is -2.24. The maximum Gasteiger partial charge on any atom is 0.414 e.